The van der Waals surface area contributed by atoms with E-state index in [1.165, 1.54) is 22.0 Å². The molecule has 0 amide bonds. The van der Waals surface area contributed by atoms with E-state index >= 15 is 0 Å². The van der Waals surface area contributed by atoms with Crippen molar-refractivity contribution in [1.29, 1.82) is 0 Å². The number of hydrogen-bond donors (Lipinski definition) is 0. The highest BCUT2D eigenvalue weighted by atomic mass is 16.5. The topological polar surface area (TPSA) is 22.1 Å². The van der Waals surface area contributed by atoms with Gasteiger partial charge in [-0.2, -0.15) is 0 Å². The maximum Gasteiger partial charge on any atom is 0.242 e. The molecule has 0 unspecified atom stereocenters. The minimum Gasteiger partial charge on any atom is -0.497 e. The third-order valence-electron chi connectivity index (χ3n) is 6.52. The second-order valence-electron chi connectivity index (χ2n) is 8.87. The molecule has 2 nitrogen and oxygen atoms in total. The van der Waals surface area contributed by atoms with Gasteiger partial charge in [-0.3, -0.25) is 4.98 Å². The molecule has 174 valence electrons. The van der Waals surface area contributed by atoms with Crippen molar-refractivity contribution in [3.05, 3.63) is 144 Å². The zero-order valence-electron chi connectivity index (χ0n) is 20.6. The lowest BCUT2D eigenvalue weighted by Gasteiger charge is -2.20. The lowest BCUT2D eigenvalue weighted by Crippen LogP contribution is -2.43. The summed E-state index contributed by atoms with van der Waals surface area (Å²) < 4.78 is 5.31. The van der Waals surface area contributed by atoms with Gasteiger partial charge in [0.1, 0.15) is 5.75 Å². The third-order valence-corrected chi connectivity index (χ3v) is 6.52. The van der Waals surface area contributed by atoms with E-state index in [-0.39, 0.29) is 6.71 Å². The molecular formula is C33H28BNO. The smallest absolute Gasteiger partial charge is 0.242 e. The van der Waals surface area contributed by atoms with Crippen LogP contribution < -0.4 is 15.7 Å². The summed E-state index contributed by atoms with van der Waals surface area (Å²) in [5.74, 6) is 0.850. The zero-order chi connectivity index (χ0) is 24.7. The van der Waals surface area contributed by atoms with E-state index in [4.69, 9.17) is 9.72 Å². The summed E-state index contributed by atoms with van der Waals surface area (Å²) in [6, 6.07) is 42.4. The quantitative estimate of drug-likeness (QED) is 0.258. The average molecular weight is 465 g/mol. The summed E-state index contributed by atoms with van der Waals surface area (Å²) in [4.78, 5) is 4.92. The Hall–Kier alpha value is -4.37. The van der Waals surface area contributed by atoms with E-state index < -0.39 is 0 Å². The molecule has 0 saturated heterocycles. The SMILES string of the molecule is COc1ccc(-c2cnc(/C=C(\B(c3ccccc3)c3ccccc3)c3ccccc3)c(C)c2)cc1. The molecule has 0 spiro atoms. The molecule has 0 aliphatic heterocycles. The van der Waals surface area contributed by atoms with Gasteiger partial charge >= 0.3 is 0 Å². The normalized spacial score (nSPS) is 11.2. The van der Waals surface area contributed by atoms with Crippen LogP contribution in [0.25, 0.3) is 22.7 Å². The van der Waals surface area contributed by atoms with Gasteiger partial charge in [0.15, 0.2) is 0 Å². The number of nitrogens with zero attached hydrogens (tertiary/aromatic N) is 1. The second-order valence-corrected chi connectivity index (χ2v) is 8.87. The summed E-state index contributed by atoms with van der Waals surface area (Å²) in [7, 11) is 1.68. The predicted molar refractivity (Wildman–Crippen MR) is 153 cm³/mol. The fourth-order valence-electron chi connectivity index (χ4n) is 4.63. The molecular weight excluding hydrogens is 437 g/mol. The molecule has 0 fully saturated rings. The third kappa shape index (κ3) is 5.16. The number of methoxy groups -OCH3 is 1. The molecule has 0 atom stereocenters. The largest absolute Gasteiger partial charge is 0.497 e. The van der Waals surface area contributed by atoms with E-state index in [2.05, 4.69) is 122 Å². The van der Waals surface area contributed by atoms with Crippen molar-refractivity contribution in [2.45, 2.75) is 6.92 Å². The molecule has 1 aromatic heterocycles. The summed E-state index contributed by atoms with van der Waals surface area (Å²) >= 11 is 0. The van der Waals surface area contributed by atoms with Gasteiger partial charge in [-0.15, -0.1) is 0 Å². The number of ether oxygens (including phenoxy) is 1. The van der Waals surface area contributed by atoms with E-state index in [1.54, 1.807) is 7.11 Å². The first-order valence-corrected chi connectivity index (χ1v) is 12.2. The van der Waals surface area contributed by atoms with Gasteiger partial charge < -0.3 is 4.74 Å². The van der Waals surface area contributed by atoms with Crippen molar-refractivity contribution in [1.82, 2.24) is 4.98 Å². The number of benzene rings is 4. The molecule has 4 aromatic carbocycles. The van der Waals surface area contributed by atoms with E-state index in [1.807, 2.05) is 18.3 Å². The molecule has 0 saturated carbocycles. The maximum absolute atomic E-state index is 5.31. The first-order chi connectivity index (χ1) is 17.7. The number of hydrogen-bond acceptors (Lipinski definition) is 2. The highest BCUT2D eigenvalue weighted by Gasteiger charge is 2.25. The van der Waals surface area contributed by atoms with Gasteiger partial charge in [0.2, 0.25) is 6.71 Å². The highest BCUT2D eigenvalue weighted by molar-refractivity contribution is 7.00. The van der Waals surface area contributed by atoms with Gasteiger partial charge in [0.25, 0.3) is 0 Å². The minimum atomic E-state index is 0.0808. The second kappa shape index (κ2) is 10.9. The van der Waals surface area contributed by atoms with Crippen LogP contribution in [0.15, 0.2) is 128 Å². The number of aromatic nitrogens is 1. The molecule has 1 heterocycles. The highest BCUT2D eigenvalue weighted by Crippen LogP contribution is 2.26. The standard InChI is InChI=1S/C33H28BNO/c1-25-22-28(26-18-20-31(36-2)21-19-26)24-35-33(25)23-32(27-12-6-3-7-13-27)34(29-14-8-4-9-15-29)30-16-10-5-11-17-30/h3-24H,1-2H3/b32-23-. The number of pyridine rings is 1. The van der Waals surface area contributed by atoms with Gasteiger partial charge in [-0.1, -0.05) is 120 Å². The van der Waals surface area contributed by atoms with Crippen molar-refractivity contribution in [3.63, 3.8) is 0 Å². The Balaban J connectivity index is 1.63. The van der Waals surface area contributed by atoms with Crippen LogP contribution in [0, 0.1) is 6.92 Å². The lowest BCUT2D eigenvalue weighted by atomic mass is 9.35. The molecule has 5 aromatic rings. The zero-order valence-corrected chi connectivity index (χ0v) is 20.6. The van der Waals surface area contributed by atoms with Crippen LogP contribution in [0.5, 0.6) is 5.75 Å². The Morgan fingerprint density at radius 2 is 1.25 bits per heavy atom. The van der Waals surface area contributed by atoms with Crippen LogP contribution in [0.1, 0.15) is 16.8 Å². The van der Waals surface area contributed by atoms with Crippen LogP contribution >= 0.6 is 0 Å². The fourth-order valence-corrected chi connectivity index (χ4v) is 4.63. The Labute approximate surface area is 214 Å². The van der Waals surface area contributed by atoms with Crippen molar-refractivity contribution in [3.8, 4) is 16.9 Å². The summed E-state index contributed by atoms with van der Waals surface area (Å²) in [6.07, 6.45) is 4.22. The number of rotatable bonds is 7. The predicted octanol–water partition coefficient (Wildman–Crippen LogP) is 6.45. The van der Waals surface area contributed by atoms with Crippen LogP contribution in [-0.4, -0.2) is 18.8 Å². The Kier molecular flexibility index (Phi) is 7.09. The molecule has 0 bridgehead atoms. The lowest BCUT2D eigenvalue weighted by molar-refractivity contribution is 0.415. The van der Waals surface area contributed by atoms with Gasteiger partial charge in [0.05, 0.1) is 12.8 Å². The number of aryl methyl sites for hydroxylation is 1. The fraction of sp³-hybridized carbons (Fsp3) is 0.0606. The van der Waals surface area contributed by atoms with Crippen molar-refractivity contribution < 1.29 is 4.74 Å². The summed E-state index contributed by atoms with van der Waals surface area (Å²) in [5.41, 5.74) is 9.25. The summed E-state index contributed by atoms with van der Waals surface area (Å²) in [6.45, 7) is 2.21. The van der Waals surface area contributed by atoms with Gasteiger partial charge in [-0.25, -0.2) is 0 Å². The molecule has 5 rings (SSSR count). The van der Waals surface area contributed by atoms with Crippen LogP contribution in [0.3, 0.4) is 0 Å². The molecule has 0 radical (unpaired) electrons. The van der Waals surface area contributed by atoms with E-state index in [0.717, 1.165) is 28.1 Å². The van der Waals surface area contributed by atoms with E-state index in [9.17, 15) is 0 Å². The van der Waals surface area contributed by atoms with Crippen LogP contribution in [-0.2, 0) is 0 Å². The maximum atomic E-state index is 5.31. The average Bonchev–Trinajstić information content (AvgIpc) is 2.95. The van der Waals surface area contributed by atoms with Crippen LogP contribution in [0.2, 0.25) is 0 Å². The van der Waals surface area contributed by atoms with Crippen molar-refractivity contribution in [2.24, 2.45) is 0 Å². The first kappa shape index (κ1) is 23.4. The Bertz CT molecular complexity index is 1410. The Morgan fingerprint density at radius 3 is 1.78 bits per heavy atom. The Morgan fingerprint density at radius 1 is 0.694 bits per heavy atom. The minimum absolute atomic E-state index is 0.0808. The summed E-state index contributed by atoms with van der Waals surface area (Å²) in [5, 5.41) is 0. The van der Waals surface area contributed by atoms with Gasteiger partial charge in [-0.05, 0) is 47.9 Å². The molecule has 3 heteroatoms. The van der Waals surface area contributed by atoms with Crippen molar-refractivity contribution in [2.75, 3.05) is 7.11 Å². The molecule has 0 N–H and O–H groups in total. The molecule has 36 heavy (non-hydrogen) atoms. The van der Waals surface area contributed by atoms with E-state index in [0.29, 0.717) is 0 Å². The molecule has 0 aliphatic carbocycles. The van der Waals surface area contributed by atoms with Crippen molar-refractivity contribution >= 4 is 29.2 Å². The van der Waals surface area contributed by atoms with Crippen LogP contribution in [0.4, 0.5) is 0 Å². The first-order valence-electron chi connectivity index (χ1n) is 12.2. The monoisotopic (exact) mass is 465 g/mol. The molecule has 0 aliphatic rings. The van der Waals surface area contributed by atoms with Gasteiger partial charge in [0, 0.05) is 11.8 Å².